The zero-order valence-electron chi connectivity index (χ0n) is 5.82. The van der Waals surface area contributed by atoms with Gasteiger partial charge in [-0.05, 0) is 30.2 Å². The van der Waals surface area contributed by atoms with Gasteiger partial charge in [0, 0.05) is 5.02 Å². The highest BCUT2D eigenvalue weighted by Gasteiger charge is 1.93. The average molecular weight is 152 g/mol. The van der Waals surface area contributed by atoms with Crippen molar-refractivity contribution in [2.75, 3.05) is 0 Å². The largest absolute Gasteiger partial charge is 0.0906 e. The molecule has 0 heterocycles. The van der Waals surface area contributed by atoms with Crippen LogP contribution < -0.4 is 0 Å². The fraction of sp³-hybridized carbons (Fsp3) is 0.111. The van der Waals surface area contributed by atoms with E-state index in [1.165, 1.54) is 0 Å². The molecule has 1 heteroatoms. The number of aryl methyl sites for hydroxylation is 1. The van der Waals surface area contributed by atoms with Gasteiger partial charge in [0.15, 0.2) is 0 Å². The lowest BCUT2D eigenvalue weighted by Crippen LogP contribution is -1.76. The minimum Gasteiger partial charge on any atom is -0.0906 e. The number of benzene rings is 1. The summed E-state index contributed by atoms with van der Waals surface area (Å²) in [5.41, 5.74) is 2.02. The molecule has 1 aromatic carbocycles. The van der Waals surface area contributed by atoms with Gasteiger partial charge in [-0.1, -0.05) is 30.3 Å². The molecule has 51 valence electrons. The first kappa shape index (κ1) is 7.36. The van der Waals surface area contributed by atoms with Crippen LogP contribution >= 0.6 is 11.6 Å². The Kier molecular flexibility index (Phi) is 2.13. The van der Waals surface area contributed by atoms with Gasteiger partial charge in [0.1, 0.15) is 0 Å². The van der Waals surface area contributed by atoms with E-state index < -0.39 is 0 Å². The third kappa shape index (κ3) is 1.39. The summed E-state index contributed by atoms with van der Waals surface area (Å²) in [6.45, 7) is 5.49. The molecule has 0 N–H and O–H groups in total. The molecular weight excluding hydrogens is 144 g/mol. The zero-order valence-corrected chi connectivity index (χ0v) is 6.57. The second-order valence-corrected chi connectivity index (χ2v) is 2.55. The first-order valence-corrected chi connectivity index (χ1v) is 3.41. The van der Waals surface area contributed by atoms with Crippen LogP contribution in [0.15, 0.2) is 24.8 Å². The maximum atomic E-state index is 5.82. The van der Waals surface area contributed by atoms with Crippen molar-refractivity contribution in [1.29, 1.82) is 0 Å². The number of rotatable bonds is 1. The van der Waals surface area contributed by atoms with E-state index in [1.807, 2.05) is 25.1 Å². The monoisotopic (exact) mass is 151 g/mol. The van der Waals surface area contributed by atoms with E-state index in [0.29, 0.717) is 0 Å². The predicted octanol–water partition coefficient (Wildman–Crippen LogP) is 2.99. The number of hydrogen-bond donors (Lipinski definition) is 0. The molecule has 0 bridgehead atoms. The van der Waals surface area contributed by atoms with Gasteiger partial charge < -0.3 is 0 Å². The van der Waals surface area contributed by atoms with E-state index in [-0.39, 0.29) is 0 Å². The molecule has 0 nitrogen and oxygen atoms in total. The van der Waals surface area contributed by atoms with Crippen molar-refractivity contribution >= 4 is 11.6 Å². The molecule has 0 saturated carbocycles. The van der Waals surface area contributed by atoms with Crippen LogP contribution in [0.2, 0.25) is 5.02 Å². The quantitative estimate of drug-likeness (QED) is 0.579. The first-order valence-electron chi connectivity index (χ1n) is 3.03. The van der Waals surface area contributed by atoms with E-state index in [4.69, 9.17) is 11.6 Å². The molecule has 0 aliphatic carbocycles. The van der Waals surface area contributed by atoms with Crippen molar-refractivity contribution in [1.82, 2.24) is 0 Å². The smallest absolute Gasteiger partial charge is 0.0441 e. The van der Waals surface area contributed by atoms with Crippen LogP contribution in [-0.4, -0.2) is 0 Å². The van der Waals surface area contributed by atoms with Gasteiger partial charge >= 0.3 is 0 Å². The predicted molar refractivity (Wildman–Crippen MR) is 44.2 cm³/mol. The third-order valence-corrected chi connectivity index (χ3v) is 1.78. The summed E-state index contributed by atoms with van der Waals surface area (Å²) in [6, 6.07) is 5.74. The highest BCUT2D eigenvalue weighted by atomic mass is 35.5. The van der Waals surface area contributed by atoms with Crippen LogP contribution in [0, 0.1) is 13.0 Å². The Labute approximate surface area is 66.1 Å². The summed E-state index contributed by atoms with van der Waals surface area (Å²) in [6.07, 6.45) is 2.76. The second kappa shape index (κ2) is 2.89. The molecule has 0 aromatic heterocycles. The molecule has 1 aromatic rings. The maximum absolute atomic E-state index is 5.82. The van der Waals surface area contributed by atoms with Gasteiger partial charge in [-0.25, -0.2) is 0 Å². The molecule has 0 atom stereocenters. The molecule has 0 fully saturated rings. The minimum absolute atomic E-state index is 0.772. The van der Waals surface area contributed by atoms with Crippen molar-refractivity contribution in [3.63, 3.8) is 0 Å². The molecule has 0 amide bonds. The minimum atomic E-state index is 0.772. The van der Waals surface area contributed by atoms with Gasteiger partial charge in [0.2, 0.25) is 0 Å². The maximum Gasteiger partial charge on any atom is 0.0441 e. The lowest BCUT2D eigenvalue weighted by molar-refractivity contribution is 1.44. The number of halogens is 1. The highest BCUT2D eigenvalue weighted by molar-refractivity contribution is 6.31. The lowest BCUT2D eigenvalue weighted by Gasteiger charge is -1.96. The summed E-state index contributed by atoms with van der Waals surface area (Å²) in [5.74, 6) is 0. The average Bonchev–Trinajstić information content (AvgIpc) is 1.95. The van der Waals surface area contributed by atoms with Crippen molar-refractivity contribution < 1.29 is 0 Å². The molecular formula is C9H8Cl. The Morgan fingerprint density at radius 1 is 1.50 bits per heavy atom. The van der Waals surface area contributed by atoms with Crippen molar-refractivity contribution in [2.24, 2.45) is 0 Å². The Hall–Kier alpha value is -0.750. The lowest BCUT2D eigenvalue weighted by atomic mass is 10.1. The summed E-state index contributed by atoms with van der Waals surface area (Å²) >= 11 is 5.82. The van der Waals surface area contributed by atoms with Gasteiger partial charge in [-0.2, -0.15) is 0 Å². The van der Waals surface area contributed by atoms with Crippen molar-refractivity contribution in [3.8, 4) is 0 Å². The van der Waals surface area contributed by atoms with Gasteiger partial charge in [-0.3, -0.25) is 0 Å². The third-order valence-electron chi connectivity index (χ3n) is 1.38. The normalized spacial score (nSPS) is 9.40. The molecule has 0 unspecified atom stereocenters. The van der Waals surface area contributed by atoms with Crippen LogP contribution in [0.4, 0.5) is 0 Å². The summed E-state index contributed by atoms with van der Waals surface area (Å²) in [4.78, 5) is 0. The Balaban J connectivity index is 3.16. The van der Waals surface area contributed by atoms with E-state index >= 15 is 0 Å². The van der Waals surface area contributed by atoms with Gasteiger partial charge in [0.05, 0.1) is 0 Å². The highest BCUT2D eigenvalue weighted by Crippen LogP contribution is 2.16. The fourth-order valence-corrected chi connectivity index (χ4v) is 0.883. The van der Waals surface area contributed by atoms with Crippen LogP contribution in [0.1, 0.15) is 11.1 Å². The second-order valence-electron chi connectivity index (χ2n) is 2.14. The van der Waals surface area contributed by atoms with Crippen LogP contribution in [0.3, 0.4) is 0 Å². The van der Waals surface area contributed by atoms with E-state index in [0.717, 1.165) is 16.1 Å². The first-order chi connectivity index (χ1) is 4.74. The Bertz CT molecular complexity index is 251. The molecule has 0 aliphatic rings. The van der Waals surface area contributed by atoms with Crippen LogP contribution in [0.25, 0.3) is 0 Å². The van der Waals surface area contributed by atoms with Crippen LogP contribution in [0.5, 0.6) is 0 Å². The van der Waals surface area contributed by atoms with Crippen molar-refractivity contribution in [2.45, 2.75) is 6.92 Å². The molecule has 10 heavy (non-hydrogen) atoms. The molecule has 0 aliphatic heterocycles. The molecule has 0 spiro atoms. The Morgan fingerprint density at radius 2 is 2.20 bits per heavy atom. The molecule has 0 saturated heterocycles. The summed E-state index contributed by atoms with van der Waals surface area (Å²) in [7, 11) is 0. The molecule has 1 rings (SSSR count). The summed E-state index contributed by atoms with van der Waals surface area (Å²) in [5, 5.41) is 0.772. The van der Waals surface area contributed by atoms with Crippen LogP contribution in [-0.2, 0) is 0 Å². The fourth-order valence-electron chi connectivity index (χ4n) is 0.703. The number of hydrogen-bond acceptors (Lipinski definition) is 0. The van der Waals surface area contributed by atoms with E-state index in [2.05, 4.69) is 12.7 Å². The van der Waals surface area contributed by atoms with E-state index in [1.54, 1.807) is 0 Å². The van der Waals surface area contributed by atoms with Gasteiger partial charge in [-0.15, -0.1) is 0 Å². The molecule has 1 radical (unpaired) electrons. The Morgan fingerprint density at radius 3 is 2.70 bits per heavy atom. The van der Waals surface area contributed by atoms with E-state index in [9.17, 15) is 0 Å². The summed E-state index contributed by atoms with van der Waals surface area (Å²) < 4.78 is 0. The van der Waals surface area contributed by atoms with Gasteiger partial charge in [0.25, 0.3) is 0 Å². The standard InChI is InChI=1S/C9H8Cl/c1-3-8-5-4-7(2)9(10)6-8/h4-6H,1H2,2H3. The topological polar surface area (TPSA) is 0 Å². The zero-order chi connectivity index (χ0) is 7.56. The SMILES string of the molecule is C=[C]c1ccc(C)c(Cl)c1. The van der Waals surface area contributed by atoms with Crippen molar-refractivity contribution in [3.05, 3.63) is 47.0 Å².